The summed E-state index contributed by atoms with van der Waals surface area (Å²) in [5, 5.41) is 4.25. The van der Waals surface area contributed by atoms with Gasteiger partial charge in [0, 0.05) is 38.2 Å². The van der Waals surface area contributed by atoms with E-state index >= 15 is 0 Å². The molecule has 0 saturated carbocycles. The maximum absolute atomic E-state index is 5.89. The fraction of sp³-hybridized carbons (Fsp3) is 0.650. The first kappa shape index (κ1) is 20.8. The molecule has 5 nitrogen and oxygen atoms in total. The van der Waals surface area contributed by atoms with Crippen LogP contribution < -0.4 is 10.1 Å². The Morgan fingerprint density at radius 2 is 2.12 bits per heavy atom. The summed E-state index contributed by atoms with van der Waals surface area (Å²) in [6, 6.07) is 8.08. The van der Waals surface area contributed by atoms with Gasteiger partial charge in [-0.3, -0.25) is 4.99 Å². The quantitative estimate of drug-likeness (QED) is 0.581. The molecule has 0 spiro atoms. The van der Waals surface area contributed by atoms with Gasteiger partial charge in [-0.1, -0.05) is 11.6 Å². The maximum Gasteiger partial charge on any atom is 0.193 e. The van der Waals surface area contributed by atoms with E-state index in [1.165, 1.54) is 25.9 Å². The predicted octanol–water partition coefficient (Wildman–Crippen LogP) is 3.35. The Kier molecular flexibility index (Phi) is 8.52. The summed E-state index contributed by atoms with van der Waals surface area (Å²) in [6.45, 7) is 9.30. The lowest BCUT2D eigenvalue weighted by molar-refractivity contribution is 0.140. The van der Waals surface area contributed by atoms with Gasteiger partial charge in [-0.2, -0.15) is 0 Å². The summed E-state index contributed by atoms with van der Waals surface area (Å²) in [4.78, 5) is 9.09. The number of halogens is 1. The van der Waals surface area contributed by atoms with E-state index in [0.717, 1.165) is 29.8 Å². The zero-order chi connectivity index (χ0) is 18.9. The molecule has 2 rings (SSSR count). The number of aliphatic imine (C=N–C) groups is 1. The molecule has 6 heteroatoms. The summed E-state index contributed by atoms with van der Waals surface area (Å²) in [7, 11) is 3.88. The minimum Gasteiger partial charge on any atom is -0.492 e. The number of piperidine rings is 1. The molecule has 146 valence electrons. The van der Waals surface area contributed by atoms with Gasteiger partial charge in [-0.15, -0.1) is 0 Å². The first-order valence-electron chi connectivity index (χ1n) is 9.53. The van der Waals surface area contributed by atoms with Crippen molar-refractivity contribution in [2.75, 3.05) is 46.9 Å². The minimum atomic E-state index is 0.601. The Morgan fingerprint density at radius 1 is 1.38 bits per heavy atom. The summed E-state index contributed by atoms with van der Waals surface area (Å²) < 4.78 is 5.77. The number of guanidine groups is 1. The molecule has 1 N–H and O–H groups in total. The van der Waals surface area contributed by atoms with Crippen LogP contribution in [0.15, 0.2) is 29.3 Å². The zero-order valence-corrected chi connectivity index (χ0v) is 17.3. The number of ether oxygens (including phenoxy) is 1. The molecule has 0 bridgehead atoms. The number of likely N-dealkylation sites (tertiary alicyclic amines) is 1. The van der Waals surface area contributed by atoms with Crippen molar-refractivity contribution in [1.29, 1.82) is 0 Å². The van der Waals surface area contributed by atoms with Crippen LogP contribution in [-0.2, 0) is 0 Å². The highest BCUT2D eigenvalue weighted by Crippen LogP contribution is 2.18. The van der Waals surface area contributed by atoms with E-state index in [-0.39, 0.29) is 0 Å². The molecule has 1 saturated heterocycles. The molecule has 1 aromatic rings. The van der Waals surface area contributed by atoms with Crippen molar-refractivity contribution in [3.8, 4) is 5.75 Å². The topological polar surface area (TPSA) is 40.1 Å². The largest absolute Gasteiger partial charge is 0.492 e. The summed E-state index contributed by atoms with van der Waals surface area (Å²) in [5.41, 5.74) is 0. The molecule has 1 aromatic carbocycles. The molecular weight excluding hydrogens is 348 g/mol. The fourth-order valence-corrected chi connectivity index (χ4v) is 3.42. The second-order valence-electron chi connectivity index (χ2n) is 7.25. The smallest absolute Gasteiger partial charge is 0.193 e. The molecule has 0 amide bonds. The lowest BCUT2D eigenvalue weighted by Crippen LogP contribution is -2.47. The van der Waals surface area contributed by atoms with Crippen LogP contribution >= 0.6 is 11.6 Å². The molecule has 0 radical (unpaired) electrons. The number of nitrogens with zero attached hydrogens (tertiary/aromatic N) is 3. The van der Waals surface area contributed by atoms with Crippen molar-refractivity contribution in [3.63, 3.8) is 0 Å². The van der Waals surface area contributed by atoms with Gasteiger partial charge in [0.05, 0.1) is 6.54 Å². The minimum absolute atomic E-state index is 0.601. The molecule has 1 fully saturated rings. The van der Waals surface area contributed by atoms with Crippen molar-refractivity contribution < 1.29 is 4.74 Å². The van der Waals surface area contributed by atoms with Gasteiger partial charge < -0.3 is 19.9 Å². The van der Waals surface area contributed by atoms with Gasteiger partial charge in [0.15, 0.2) is 5.96 Å². The number of rotatable bonds is 7. The molecule has 1 aliphatic heterocycles. The van der Waals surface area contributed by atoms with Gasteiger partial charge in [0.2, 0.25) is 0 Å². The van der Waals surface area contributed by atoms with E-state index < -0.39 is 0 Å². The van der Waals surface area contributed by atoms with Crippen molar-refractivity contribution in [2.45, 2.75) is 32.7 Å². The number of likely N-dealkylation sites (N-methyl/N-ethyl adjacent to an activating group) is 1. The van der Waals surface area contributed by atoms with Crippen LogP contribution in [0.25, 0.3) is 0 Å². The molecular formula is C20H33ClN4O. The molecule has 1 atom stereocenters. The highest BCUT2D eigenvalue weighted by molar-refractivity contribution is 6.30. The predicted molar refractivity (Wildman–Crippen MR) is 110 cm³/mol. The Bertz CT molecular complexity index is 561. The van der Waals surface area contributed by atoms with E-state index in [2.05, 4.69) is 34.0 Å². The van der Waals surface area contributed by atoms with Crippen molar-refractivity contribution in [3.05, 3.63) is 29.3 Å². The monoisotopic (exact) mass is 380 g/mol. The average Bonchev–Trinajstić information content (AvgIpc) is 2.64. The van der Waals surface area contributed by atoms with Gasteiger partial charge in [-0.25, -0.2) is 0 Å². The normalized spacial score (nSPS) is 18.8. The Labute approximate surface area is 163 Å². The van der Waals surface area contributed by atoms with Gasteiger partial charge in [0.1, 0.15) is 12.4 Å². The van der Waals surface area contributed by atoms with Crippen LogP contribution in [0.3, 0.4) is 0 Å². The molecule has 26 heavy (non-hydrogen) atoms. The summed E-state index contributed by atoms with van der Waals surface area (Å²) >= 11 is 5.89. The highest BCUT2D eigenvalue weighted by atomic mass is 35.5. The van der Waals surface area contributed by atoms with Gasteiger partial charge in [0.25, 0.3) is 0 Å². The number of hydrogen-bond acceptors (Lipinski definition) is 3. The standard InChI is InChI=1S/C20H33ClN4O/c1-16(2)25-11-5-6-17(15-25)14-23-20(22-3)24(4)12-13-26-19-9-7-18(21)8-10-19/h7-10,16-17H,5-6,11-15H2,1-4H3,(H,22,23). The van der Waals surface area contributed by atoms with Crippen molar-refractivity contribution in [2.24, 2.45) is 10.9 Å². The van der Waals surface area contributed by atoms with E-state index in [4.69, 9.17) is 16.3 Å². The Morgan fingerprint density at radius 3 is 2.77 bits per heavy atom. The highest BCUT2D eigenvalue weighted by Gasteiger charge is 2.22. The average molecular weight is 381 g/mol. The van der Waals surface area contributed by atoms with Crippen LogP contribution in [0.1, 0.15) is 26.7 Å². The van der Waals surface area contributed by atoms with Crippen molar-refractivity contribution in [1.82, 2.24) is 15.1 Å². The van der Waals surface area contributed by atoms with E-state index in [9.17, 15) is 0 Å². The summed E-state index contributed by atoms with van der Waals surface area (Å²) in [6.07, 6.45) is 2.57. The lowest BCUT2D eigenvalue weighted by atomic mass is 9.97. The first-order valence-corrected chi connectivity index (χ1v) is 9.91. The third kappa shape index (κ3) is 6.69. The molecule has 0 aromatic heterocycles. The van der Waals surface area contributed by atoms with Crippen LogP contribution in [0.4, 0.5) is 0 Å². The third-order valence-corrected chi connectivity index (χ3v) is 5.16. The van der Waals surface area contributed by atoms with E-state index in [1.54, 1.807) is 0 Å². The maximum atomic E-state index is 5.89. The SMILES string of the molecule is CN=C(NCC1CCCN(C(C)C)C1)N(C)CCOc1ccc(Cl)cc1. The van der Waals surface area contributed by atoms with E-state index in [1.807, 2.05) is 38.4 Å². The van der Waals surface area contributed by atoms with Gasteiger partial charge in [-0.05, 0) is 63.4 Å². The number of nitrogens with one attached hydrogen (secondary N) is 1. The molecule has 1 aliphatic rings. The van der Waals surface area contributed by atoms with E-state index in [0.29, 0.717) is 18.6 Å². The first-order chi connectivity index (χ1) is 12.5. The van der Waals surface area contributed by atoms with Crippen LogP contribution in [-0.4, -0.2) is 68.7 Å². The zero-order valence-electron chi connectivity index (χ0n) is 16.5. The Balaban J connectivity index is 1.72. The van der Waals surface area contributed by atoms with Crippen LogP contribution in [0.2, 0.25) is 5.02 Å². The Hall–Kier alpha value is -1.46. The number of hydrogen-bond donors (Lipinski definition) is 1. The molecule has 1 heterocycles. The second-order valence-corrected chi connectivity index (χ2v) is 7.69. The van der Waals surface area contributed by atoms with Gasteiger partial charge >= 0.3 is 0 Å². The van der Waals surface area contributed by atoms with Crippen molar-refractivity contribution >= 4 is 17.6 Å². The van der Waals surface area contributed by atoms with Crippen LogP contribution in [0.5, 0.6) is 5.75 Å². The fourth-order valence-electron chi connectivity index (χ4n) is 3.29. The lowest BCUT2D eigenvalue weighted by Gasteiger charge is -2.36. The molecule has 0 aliphatic carbocycles. The molecule has 1 unspecified atom stereocenters. The second kappa shape index (κ2) is 10.6. The third-order valence-electron chi connectivity index (χ3n) is 4.91. The summed E-state index contributed by atoms with van der Waals surface area (Å²) in [5.74, 6) is 2.44. The number of benzene rings is 1. The van der Waals surface area contributed by atoms with Crippen LogP contribution in [0, 0.1) is 5.92 Å².